The summed E-state index contributed by atoms with van der Waals surface area (Å²) in [5.74, 6) is -1.91. The number of imide groups is 1. The fourth-order valence-electron chi connectivity index (χ4n) is 3.17. The summed E-state index contributed by atoms with van der Waals surface area (Å²) >= 11 is 0. The Morgan fingerprint density at radius 2 is 1.67 bits per heavy atom. The van der Waals surface area contributed by atoms with Gasteiger partial charge in [0.05, 0.1) is 0 Å². The standard InChI is InChI=1S/C22H31N3O5/c1-14(19(27)25-21(29)24-17-7-5-6-8-17)30-18(26)13-23-20(28)15-9-11-16(12-10-15)22(2,3)4/h9-12,14,17H,5-8,13H2,1-4H3,(H,23,28)(H2,24,25,27,29). The predicted molar refractivity (Wildman–Crippen MR) is 112 cm³/mol. The van der Waals surface area contributed by atoms with Gasteiger partial charge in [-0.2, -0.15) is 0 Å². The summed E-state index contributed by atoms with van der Waals surface area (Å²) in [6.45, 7) is 7.21. The third-order valence-corrected chi connectivity index (χ3v) is 5.01. The van der Waals surface area contributed by atoms with E-state index in [9.17, 15) is 19.2 Å². The second-order valence-electron chi connectivity index (χ2n) is 8.59. The molecule has 1 aliphatic rings. The maximum absolute atomic E-state index is 12.2. The van der Waals surface area contributed by atoms with E-state index in [1.165, 1.54) is 6.92 Å². The molecule has 1 saturated carbocycles. The molecule has 0 heterocycles. The van der Waals surface area contributed by atoms with Crippen molar-refractivity contribution in [1.29, 1.82) is 0 Å². The van der Waals surface area contributed by atoms with Crippen molar-refractivity contribution in [2.45, 2.75) is 70.9 Å². The number of carbonyl (C=O) groups excluding carboxylic acids is 4. The minimum Gasteiger partial charge on any atom is -0.451 e. The fraction of sp³-hybridized carbons (Fsp3) is 0.545. The SMILES string of the molecule is CC(OC(=O)CNC(=O)c1ccc(C(C)(C)C)cc1)C(=O)NC(=O)NC1CCCC1. The van der Waals surface area contributed by atoms with Gasteiger partial charge < -0.3 is 15.4 Å². The molecule has 1 aromatic carbocycles. The van der Waals surface area contributed by atoms with Crippen molar-refractivity contribution in [1.82, 2.24) is 16.0 Å². The number of esters is 1. The summed E-state index contributed by atoms with van der Waals surface area (Å²) in [6.07, 6.45) is 2.74. The van der Waals surface area contributed by atoms with Crippen molar-refractivity contribution >= 4 is 23.8 Å². The lowest BCUT2D eigenvalue weighted by Gasteiger charge is -2.19. The lowest BCUT2D eigenvalue weighted by atomic mass is 9.87. The highest BCUT2D eigenvalue weighted by Gasteiger charge is 2.23. The second-order valence-corrected chi connectivity index (χ2v) is 8.59. The zero-order chi connectivity index (χ0) is 22.3. The van der Waals surface area contributed by atoms with Crippen molar-refractivity contribution in [2.24, 2.45) is 0 Å². The quantitative estimate of drug-likeness (QED) is 0.615. The average molecular weight is 418 g/mol. The van der Waals surface area contributed by atoms with E-state index < -0.39 is 29.9 Å². The first-order valence-corrected chi connectivity index (χ1v) is 10.3. The molecule has 3 N–H and O–H groups in total. The number of amides is 4. The van der Waals surface area contributed by atoms with E-state index in [4.69, 9.17) is 4.74 Å². The summed E-state index contributed by atoms with van der Waals surface area (Å²) in [7, 11) is 0. The summed E-state index contributed by atoms with van der Waals surface area (Å²) < 4.78 is 4.99. The van der Waals surface area contributed by atoms with Crippen molar-refractivity contribution in [3.8, 4) is 0 Å². The van der Waals surface area contributed by atoms with E-state index in [-0.39, 0.29) is 18.0 Å². The van der Waals surface area contributed by atoms with Crippen LogP contribution < -0.4 is 16.0 Å². The molecule has 8 nitrogen and oxygen atoms in total. The Morgan fingerprint density at radius 3 is 2.23 bits per heavy atom. The highest BCUT2D eigenvalue weighted by molar-refractivity contribution is 5.98. The third kappa shape index (κ3) is 7.17. The van der Waals surface area contributed by atoms with Crippen LogP contribution >= 0.6 is 0 Å². The van der Waals surface area contributed by atoms with Crippen LogP contribution in [0.2, 0.25) is 0 Å². The first kappa shape index (κ1) is 23.4. The molecule has 30 heavy (non-hydrogen) atoms. The summed E-state index contributed by atoms with van der Waals surface area (Å²) in [5.41, 5.74) is 1.49. The van der Waals surface area contributed by atoms with Gasteiger partial charge in [-0.1, -0.05) is 45.7 Å². The van der Waals surface area contributed by atoms with Crippen molar-refractivity contribution in [3.63, 3.8) is 0 Å². The molecule has 0 radical (unpaired) electrons. The molecule has 4 amide bonds. The van der Waals surface area contributed by atoms with Crippen LogP contribution in [0, 0.1) is 0 Å². The zero-order valence-electron chi connectivity index (χ0n) is 18.0. The van der Waals surface area contributed by atoms with Crippen molar-refractivity contribution < 1.29 is 23.9 Å². The van der Waals surface area contributed by atoms with Gasteiger partial charge in [-0.3, -0.25) is 19.7 Å². The van der Waals surface area contributed by atoms with Gasteiger partial charge in [0.15, 0.2) is 6.10 Å². The van der Waals surface area contributed by atoms with Crippen molar-refractivity contribution in [2.75, 3.05) is 6.54 Å². The molecule has 2 rings (SSSR count). The van der Waals surface area contributed by atoms with Gasteiger partial charge in [-0.15, -0.1) is 0 Å². The molecule has 1 aliphatic carbocycles. The van der Waals surface area contributed by atoms with Crippen LogP contribution in [0.3, 0.4) is 0 Å². The Hall–Kier alpha value is -2.90. The van der Waals surface area contributed by atoms with Crippen LogP contribution in [0.1, 0.15) is 69.3 Å². The summed E-state index contributed by atoms with van der Waals surface area (Å²) in [4.78, 5) is 47.9. The van der Waals surface area contributed by atoms with Crippen molar-refractivity contribution in [3.05, 3.63) is 35.4 Å². The molecule has 1 fully saturated rings. The number of urea groups is 1. The number of hydrogen-bond donors (Lipinski definition) is 3. The number of hydrogen-bond acceptors (Lipinski definition) is 5. The topological polar surface area (TPSA) is 114 Å². The number of carbonyl (C=O) groups is 4. The number of ether oxygens (including phenoxy) is 1. The zero-order valence-corrected chi connectivity index (χ0v) is 18.0. The maximum atomic E-state index is 12.2. The van der Waals surface area contributed by atoms with Crippen LogP contribution in [-0.4, -0.2) is 42.5 Å². The van der Waals surface area contributed by atoms with Gasteiger partial charge in [0, 0.05) is 11.6 Å². The Bertz CT molecular complexity index is 777. The largest absolute Gasteiger partial charge is 0.451 e. The average Bonchev–Trinajstić information content (AvgIpc) is 3.18. The van der Waals surface area contributed by atoms with Gasteiger partial charge in [0.1, 0.15) is 6.54 Å². The number of nitrogens with one attached hydrogen (secondary N) is 3. The smallest absolute Gasteiger partial charge is 0.326 e. The molecule has 8 heteroatoms. The highest BCUT2D eigenvalue weighted by atomic mass is 16.5. The molecule has 0 aliphatic heterocycles. The van der Waals surface area contributed by atoms with Gasteiger partial charge in [0.25, 0.3) is 11.8 Å². The lowest BCUT2D eigenvalue weighted by Crippen LogP contribution is -2.47. The van der Waals surface area contributed by atoms with Gasteiger partial charge >= 0.3 is 12.0 Å². The van der Waals surface area contributed by atoms with Gasteiger partial charge in [-0.05, 0) is 42.9 Å². The summed E-state index contributed by atoms with van der Waals surface area (Å²) in [5, 5.41) is 7.35. The Labute approximate surface area is 177 Å². The highest BCUT2D eigenvalue weighted by Crippen LogP contribution is 2.22. The lowest BCUT2D eigenvalue weighted by molar-refractivity contribution is -0.153. The van der Waals surface area contributed by atoms with E-state index in [1.807, 2.05) is 12.1 Å². The van der Waals surface area contributed by atoms with Gasteiger partial charge in [-0.25, -0.2) is 4.79 Å². The minimum absolute atomic E-state index is 0.0243. The maximum Gasteiger partial charge on any atom is 0.326 e. The minimum atomic E-state index is -1.16. The van der Waals surface area contributed by atoms with E-state index >= 15 is 0 Å². The normalized spacial score (nSPS) is 15.2. The van der Waals surface area contributed by atoms with Crippen LogP contribution in [0.5, 0.6) is 0 Å². The van der Waals surface area contributed by atoms with Crippen LogP contribution in [0.15, 0.2) is 24.3 Å². The molecule has 1 unspecified atom stereocenters. The van der Waals surface area contributed by atoms with E-state index in [1.54, 1.807) is 12.1 Å². The monoisotopic (exact) mass is 417 g/mol. The molecule has 0 spiro atoms. The molecule has 1 atom stereocenters. The molecule has 0 saturated heterocycles. The predicted octanol–water partition coefficient (Wildman–Crippen LogP) is 2.41. The third-order valence-electron chi connectivity index (χ3n) is 5.01. The van der Waals surface area contributed by atoms with Crippen LogP contribution in [0.25, 0.3) is 0 Å². The Morgan fingerprint density at radius 1 is 1.07 bits per heavy atom. The van der Waals surface area contributed by atoms with E-state index in [0.717, 1.165) is 31.2 Å². The van der Waals surface area contributed by atoms with E-state index in [0.29, 0.717) is 5.56 Å². The molecular weight excluding hydrogens is 386 g/mol. The molecular formula is C22H31N3O5. The first-order valence-electron chi connectivity index (χ1n) is 10.3. The van der Waals surface area contributed by atoms with E-state index in [2.05, 4.69) is 36.7 Å². The Balaban J connectivity index is 1.74. The van der Waals surface area contributed by atoms with Crippen LogP contribution in [-0.2, 0) is 19.7 Å². The molecule has 0 bridgehead atoms. The summed E-state index contributed by atoms with van der Waals surface area (Å²) in [6, 6.07) is 6.61. The number of rotatable bonds is 6. The van der Waals surface area contributed by atoms with Crippen LogP contribution in [0.4, 0.5) is 4.79 Å². The Kier molecular flexibility index (Phi) is 7.97. The molecule has 164 valence electrons. The second kappa shape index (κ2) is 10.2. The molecule has 0 aromatic heterocycles. The fourth-order valence-corrected chi connectivity index (χ4v) is 3.17. The van der Waals surface area contributed by atoms with Gasteiger partial charge in [0.2, 0.25) is 0 Å². The first-order chi connectivity index (χ1) is 14.1. The molecule has 1 aromatic rings. The number of benzene rings is 1.